The van der Waals surface area contributed by atoms with Gasteiger partial charge in [-0.05, 0) is 36.6 Å². The van der Waals surface area contributed by atoms with Gasteiger partial charge in [-0.25, -0.2) is 9.97 Å². The minimum Gasteiger partial charge on any atom is -0.369 e. The van der Waals surface area contributed by atoms with Gasteiger partial charge in [-0.3, -0.25) is 4.79 Å². The van der Waals surface area contributed by atoms with Gasteiger partial charge in [0.05, 0.1) is 11.3 Å². The lowest BCUT2D eigenvalue weighted by Crippen LogP contribution is -2.17. The quantitative estimate of drug-likeness (QED) is 0.700. The molecule has 3 heterocycles. The maximum atomic E-state index is 13.3. The predicted octanol–water partition coefficient (Wildman–Crippen LogP) is 3.58. The van der Waals surface area contributed by atoms with E-state index in [1.54, 1.807) is 12.3 Å². The molecule has 0 aliphatic carbocycles. The van der Waals surface area contributed by atoms with Gasteiger partial charge >= 0.3 is 6.18 Å². The normalized spacial score (nSPS) is 13.2. The van der Waals surface area contributed by atoms with E-state index in [1.165, 1.54) is 17.0 Å². The number of hydrogen-bond acceptors (Lipinski definition) is 4. The highest BCUT2D eigenvalue weighted by atomic mass is 19.4. The number of anilines is 1. The van der Waals surface area contributed by atoms with Crippen LogP contribution in [0.15, 0.2) is 36.8 Å². The average Bonchev–Trinajstić information content (AvgIpc) is 3.33. The van der Waals surface area contributed by atoms with E-state index in [0.29, 0.717) is 29.7 Å². The Balaban J connectivity index is 1.92. The van der Waals surface area contributed by atoms with Crippen LogP contribution in [0.25, 0.3) is 16.9 Å². The molecular weight excluding hydrogens is 383 g/mol. The van der Waals surface area contributed by atoms with Crippen LogP contribution in [0.3, 0.4) is 0 Å². The Morgan fingerprint density at radius 3 is 2.76 bits per heavy atom. The fourth-order valence-corrected chi connectivity index (χ4v) is 3.60. The van der Waals surface area contributed by atoms with Gasteiger partial charge in [-0.2, -0.15) is 13.2 Å². The molecule has 150 valence electrons. The molecule has 0 radical (unpaired) electrons. The molecule has 0 bridgehead atoms. The zero-order valence-electron chi connectivity index (χ0n) is 15.5. The number of aryl methyl sites for hydroxylation is 1. The molecule has 0 saturated heterocycles. The van der Waals surface area contributed by atoms with Crippen LogP contribution in [-0.2, 0) is 19.0 Å². The maximum Gasteiger partial charge on any atom is 0.416 e. The molecule has 29 heavy (non-hydrogen) atoms. The fraction of sp³-hybridized carbons (Fsp3) is 0.250. The van der Waals surface area contributed by atoms with Crippen molar-refractivity contribution in [3.8, 4) is 16.9 Å². The van der Waals surface area contributed by atoms with E-state index in [1.807, 2.05) is 6.92 Å². The number of nitrogens with one attached hydrogen (secondary N) is 1. The standard InChI is InChI=1S/C20H18F3N5O/c1-2-11-3-4-13(20(21,22)23)8-15(11)28-9-12(7-16(28)18(24)29)17-14-5-6-25-19(14)27-10-26-17/h3-4,7-10H,2,5-6H2,1H3,(H2,24,29)(H,25,26,27). The Labute approximate surface area is 164 Å². The minimum atomic E-state index is -4.50. The van der Waals surface area contributed by atoms with Crippen molar-refractivity contribution in [3.05, 3.63) is 59.2 Å². The minimum absolute atomic E-state index is 0.0901. The van der Waals surface area contributed by atoms with Crippen molar-refractivity contribution >= 4 is 11.7 Å². The highest BCUT2D eigenvalue weighted by molar-refractivity contribution is 5.94. The smallest absolute Gasteiger partial charge is 0.369 e. The second-order valence-corrected chi connectivity index (χ2v) is 6.77. The van der Waals surface area contributed by atoms with Gasteiger partial charge in [0, 0.05) is 29.6 Å². The summed E-state index contributed by atoms with van der Waals surface area (Å²) in [6.45, 7) is 2.56. The van der Waals surface area contributed by atoms with Crippen molar-refractivity contribution in [2.75, 3.05) is 11.9 Å². The lowest BCUT2D eigenvalue weighted by Gasteiger charge is -2.15. The summed E-state index contributed by atoms with van der Waals surface area (Å²) in [6, 6.07) is 5.07. The van der Waals surface area contributed by atoms with Crippen LogP contribution >= 0.6 is 0 Å². The van der Waals surface area contributed by atoms with Gasteiger partial charge in [0.2, 0.25) is 0 Å². The van der Waals surface area contributed by atoms with Gasteiger partial charge in [-0.15, -0.1) is 0 Å². The Kier molecular flexibility index (Phi) is 4.52. The lowest BCUT2D eigenvalue weighted by atomic mass is 10.1. The van der Waals surface area contributed by atoms with Crippen molar-refractivity contribution in [3.63, 3.8) is 0 Å². The third kappa shape index (κ3) is 3.32. The number of carbonyl (C=O) groups is 1. The molecule has 2 aromatic heterocycles. The van der Waals surface area contributed by atoms with E-state index < -0.39 is 17.6 Å². The number of hydrogen-bond donors (Lipinski definition) is 2. The fourth-order valence-electron chi connectivity index (χ4n) is 3.60. The first-order chi connectivity index (χ1) is 13.8. The molecule has 1 amide bonds. The molecule has 1 aliphatic heterocycles. The predicted molar refractivity (Wildman–Crippen MR) is 102 cm³/mol. The van der Waals surface area contributed by atoms with Crippen molar-refractivity contribution in [2.24, 2.45) is 5.73 Å². The van der Waals surface area contributed by atoms with Gasteiger partial charge < -0.3 is 15.6 Å². The topological polar surface area (TPSA) is 85.8 Å². The van der Waals surface area contributed by atoms with Gasteiger partial charge in [0.25, 0.3) is 5.91 Å². The molecule has 0 unspecified atom stereocenters. The molecule has 1 aliphatic rings. The highest BCUT2D eigenvalue weighted by Crippen LogP contribution is 2.35. The summed E-state index contributed by atoms with van der Waals surface area (Å²) in [7, 11) is 0. The van der Waals surface area contributed by atoms with Crippen molar-refractivity contribution in [2.45, 2.75) is 25.9 Å². The zero-order valence-corrected chi connectivity index (χ0v) is 15.5. The third-order valence-corrected chi connectivity index (χ3v) is 5.01. The number of fused-ring (bicyclic) bond motifs is 1. The number of nitrogens with zero attached hydrogens (tertiary/aromatic N) is 3. The molecule has 4 rings (SSSR count). The number of benzene rings is 1. The lowest BCUT2D eigenvalue weighted by molar-refractivity contribution is -0.137. The summed E-state index contributed by atoms with van der Waals surface area (Å²) in [5.41, 5.74) is 7.91. The number of rotatable bonds is 4. The molecule has 6 nitrogen and oxygen atoms in total. The molecule has 1 aromatic carbocycles. The van der Waals surface area contributed by atoms with Crippen LogP contribution in [0, 0.1) is 0 Å². The number of primary amides is 1. The van der Waals surface area contributed by atoms with E-state index in [-0.39, 0.29) is 11.4 Å². The SMILES string of the molecule is CCc1ccc(C(F)(F)F)cc1-n1cc(-c2ncnc3c2CCN3)cc1C(N)=O. The van der Waals surface area contributed by atoms with Crippen LogP contribution in [-0.4, -0.2) is 27.0 Å². The molecule has 0 fully saturated rings. The first kappa shape index (κ1) is 19.0. The second-order valence-electron chi connectivity index (χ2n) is 6.77. The van der Waals surface area contributed by atoms with E-state index in [0.717, 1.165) is 30.1 Å². The number of halogens is 3. The van der Waals surface area contributed by atoms with E-state index >= 15 is 0 Å². The summed E-state index contributed by atoms with van der Waals surface area (Å²) in [5, 5.41) is 3.15. The Morgan fingerprint density at radius 1 is 1.28 bits per heavy atom. The van der Waals surface area contributed by atoms with Gasteiger partial charge in [0.1, 0.15) is 17.8 Å². The Hall–Kier alpha value is -3.36. The second kappa shape index (κ2) is 6.91. The van der Waals surface area contributed by atoms with Crippen LogP contribution in [0.4, 0.5) is 19.0 Å². The monoisotopic (exact) mass is 401 g/mol. The Morgan fingerprint density at radius 2 is 2.07 bits per heavy atom. The summed E-state index contributed by atoms with van der Waals surface area (Å²) < 4.78 is 41.2. The molecule has 3 N–H and O–H groups in total. The highest BCUT2D eigenvalue weighted by Gasteiger charge is 2.31. The van der Waals surface area contributed by atoms with Crippen LogP contribution in [0.5, 0.6) is 0 Å². The van der Waals surface area contributed by atoms with E-state index in [2.05, 4.69) is 15.3 Å². The number of nitrogens with two attached hydrogens (primary N) is 1. The third-order valence-electron chi connectivity index (χ3n) is 5.01. The number of aromatic nitrogens is 3. The summed E-state index contributed by atoms with van der Waals surface area (Å²) in [5.74, 6) is -0.0174. The average molecular weight is 401 g/mol. The Bertz CT molecular complexity index is 1100. The molecule has 0 atom stereocenters. The number of carbonyl (C=O) groups excluding carboxylic acids is 1. The molecule has 0 saturated carbocycles. The van der Waals surface area contributed by atoms with Crippen LogP contribution in [0.2, 0.25) is 0 Å². The number of alkyl halides is 3. The molecular formula is C20H18F3N5O. The van der Waals surface area contributed by atoms with Crippen molar-refractivity contribution in [1.82, 2.24) is 14.5 Å². The summed E-state index contributed by atoms with van der Waals surface area (Å²) in [6.07, 6.45) is -0.271. The zero-order chi connectivity index (χ0) is 20.8. The van der Waals surface area contributed by atoms with Crippen molar-refractivity contribution in [1.29, 1.82) is 0 Å². The van der Waals surface area contributed by atoms with Crippen molar-refractivity contribution < 1.29 is 18.0 Å². The largest absolute Gasteiger partial charge is 0.416 e. The van der Waals surface area contributed by atoms with Gasteiger partial charge in [0.15, 0.2) is 0 Å². The van der Waals surface area contributed by atoms with Crippen LogP contribution < -0.4 is 11.1 Å². The number of amides is 1. The summed E-state index contributed by atoms with van der Waals surface area (Å²) in [4.78, 5) is 20.6. The first-order valence-corrected chi connectivity index (χ1v) is 9.10. The van der Waals surface area contributed by atoms with E-state index in [4.69, 9.17) is 5.73 Å². The maximum absolute atomic E-state index is 13.3. The molecule has 0 spiro atoms. The van der Waals surface area contributed by atoms with Gasteiger partial charge in [-0.1, -0.05) is 13.0 Å². The van der Waals surface area contributed by atoms with E-state index in [9.17, 15) is 18.0 Å². The first-order valence-electron chi connectivity index (χ1n) is 9.10. The molecule has 3 aromatic rings. The summed E-state index contributed by atoms with van der Waals surface area (Å²) >= 11 is 0. The molecule has 9 heteroatoms. The van der Waals surface area contributed by atoms with Crippen LogP contribution in [0.1, 0.15) is 34.1 Å².